The molecule has 0 bridgehead atoms. The minimum absolute atomic E-state index is 0.0000916. The number of benzene rings is 2. The van der Waals surface area contributed by atoms with Crippen molar-refractivity contribution >= 4 is 5.91 Å². The van der Waals surface area contributed by atoms with E-state index in [0.717, 1.165) is 23.2 Å². The van der Waals surface area contributed by atoms with E-state index in [1.807, 2.05) is 29.1 Å². The minimum Gasteiger partial charge on any atom is -0.370 e. The Kier molecular flexibility index (Phi) is 5.47. The summed E-state index contributed by atoms with van der Waals surface area (Å²) in [6.07, 6.45) is 3.87. The predicted octanol–water partition coefficient (Wildman–Crippen LogP) is 2.70. The van der Waals surface area contributed by atoms with E-state index in [4.69, 9.17) is 9.84 Å². The van der Waals surface area contributed by atoms with E-state index in [1.165, 1.54) is 23.1 Å². The van der Waals surface area contributed by atoms with Crippen LogP contribution in [0, 0.1) is 5.82 Å². The smallest absolute Gasteiger partial charge is 0.291 e. The Morgan fingerprint density at radius 1 is 1.16 bits per heavy atom. The molecule has 2 aromatic heterocycles. The monoisotopic (exact) mass is 432 g/mol. The number of carbonyl (C=O) groups is 1. The van der Waals surface area contributed by atoms with Gasteiger partial charge in [0.15, 0.2) is 0 Å². The maximum Gasteiger partial charge on any atom is 0.291 e. The average molecular weight is 432 g/mol. The van der Waals surface area contributed by atoms with Gasteiger partial charge in [0.1, 0.15) is 18.2 Å². The number of aromatic nitrogens is 5. The normalized spacial score (nSPS) is 15.3. The molecule has 1 amide bonds. The zero-order valence-corrected chi connectivity index (χ0v) is 17.2. The maximum absolute atomic E-state index is 13.4. The molecule has 0 radical (unpaired) electrons. The number of ether oxygens (including phenoxy) is 1. The Labute approximate surface area is 183 Å². The van der Waals surface area contributed by atoms with Gasteiger partial charge in [-0.15, -0.1) is 5.10 Å². The first-order chi connectivity index (χ1) is 15.7. The molecule has 1 N–H and O–H groups in total. The zero-order valence-electron chi connectivity index (χ0n) is 17.2. The van der Waals surface area contributed by atoms with Gasteiger partial charge in [-0.1, -0.05) is 36.4 Å². The number of rotatable bonds is 6. The van der Waals surface area contributed by atoms with Crippen LogP contribution in [0.2, 0.25) is 0 Å². The van der Waals surface area contributed by atoms with Crippen LogP contribution >= 0.6 is 0 Å². The number of amides is 1. The van der Waals surface area contributed by atoms with E-state index in [9.17, 15) is 9.18 Å². The van der Waals surface area contributed by atoms with Crippen LogP contribution < -0.4 is 5.32 Å². The molecule has 1 atom stereocenters. The fourth-order valence-electron chi connectivity index (χ4n) is 3.71. The molecular formula is C23H21FN6O2. The predicted molar refractivity (Wildman–Crippen MR) is 114 cm³/mol. The molecule has 9 heteroatoms. The first kappa shape index (κ1) is 20.1. The average Bonchev–Trinajstić information content (AvgIpc) is 3.45. The van der Waals surface area contributed by atoms with Crippen molar-refractivity contribution in [1.82, 2.24) is 29.9 Å². The van der Waals surface area contributed by atoms with E-state index in [2.05, 4.69) is 27.5 Å². The van der Waals surface area contributed by atoms with Crippen molar-refractivity contribution in [3.8, 4) is 5.69 Å². The third-order valence-electron chi connectivity index (χ3n) is 5.27. The van der Waals surface area contributed by atoms with Crippen molar-refractivity contribution < 1.29 is 13.9 Å². The molecule has 2 aromatic carbocycles. The van der Waals surface area contributed by atoms with Crippen molar-refractivity contribution in [3.05, 3.63) is 95.6 Å². The van der Waals surface area contributed by atoms with Gasteiger partial charge in [-0.25, -0.2) is 14.1 Å². The molecule has 1 aliphatic heterocycles. The third kappa shape index (κ3) is 4.28. The first-order valence-electron chi connectivity index (χ1n) is 10.3. The topological polar surface area (TPSA) is 86.9 Å². The summed E-state index contributed by atoms with van der Waals surface area (Å²) in [5, 5.41) is 11.7. The second kappa shape index (κ2) is 8.72. The van der Waals surface area contributed by atoms with Crippen molar-refractivity contribution in [2.24, 2.45) is 0 Å². The molecule has 0 aliphatic carbocycles. The summed E-state index contributed by atoms with van der Waals surface area (Å²) >= 11 is 0. The Bertz CT molecular complexity index is 1240. The SMILES string of the molecule is O=C(NCC1OCCc2cn(Cc3ccccc3)nc21)c1ncn(-c2cccc(F)c2)n1. The van der Waals surface area contributed by atoms with Crippen LogP contribution in [-0.2, 0) is 17.7 Å². The molecular weight excluding hydrogens is 411 g/mol. The Morgan fingerprint density at radius 2 is 2.03 bits per heavy atom. The van der Waals surface area contributed by atoms with Gasteiger partial charge >= 0.3 is 0 Å². The van der Waals surface area contributed by atoms with E-state index in [0.29, 0.717) is 18.8 Å². The summed E-state index contributed by atoms with van der Waals surface area (Å²) in [5.74, 6) is -0.819. The summed E-state index contributed by atoms with van der Waals surface area (Å²) in [6, 6.07) is 16.0. The summed E-state index contributed by atoms with van der Waals surface area (Å²) in [7, 11) is 0. The highest BCUT2D eigenvalue weighted by molar-refractivity contribution is 5.90. The lowest BCUT2D eigenvalue weighted by atomic mass is 10.1. The van der Waals surface area contributed by atoms with E-state index >= 15 is 0 Å². The molecule has 0 spiro atoms. The summed E-state index contributed by atoms with van der Waals surface area (Å²) in [5.41, 5.74) is 3.62. The number of hydrogen-bond acceptors (Lipinski definition) is 5. The molecule has 0 fully saturated rings. The standard InChI is InChI=1S/C23H21FN6O2/c24-18-7-4-8-19(11-18)30-15-26-22(28-30)23(31)25-12-20-21-17(9-10-32-20)14-29(27-21)13-16-5-2-1-3-6-16/h1-8,11,14-15,20H,9-10,12-13H2,(H,25,31). The van der Waals surface area contributed by atoms with Crippen LogP contribution in [0.5, 0.6) is 0 Å². The summed E-state index contributed by atoms with van der Waals surface area (Å²) in [6.45, 7) is 1.49. The number of nitrogens with one attached hydrogen (secondary N) is 1. The zero-order chi connectivity index (χ0) is 21.9. The lowest BCUT2D eigenvalue weighted by Gasteiger charge is -2.21. The van der Waals surface area contributed by atoms with E-state index in [1.54, 1.807) is 12.1 Å². The number of hydrogen-bond donors (Lipinski definition) is 1. The second-order valence-corrected chi connectivity index (χ2v) is 7.53. The van der Waals surface area contributed by atoms with Gasteiger partial charge in [0.2, 0.25) is 5.82 Å². The Morgan fingerprint density at radius 3 is 2.88 bits per heavy atom. The highest BCUT2D eigenvalue weighted by atomic mass is 19.1. The van der Waals surface area contributed by atoms with Gasteiger partial charge < -0.3 is 10.1 Å². The Hall–Kier alpha value is -3.85. The molecule has 1 unspecified atom stereocenters. The van der Waals surface area contributed by atoms with Crippen LogP contribution in [-0.4, -0.2) is 43.6 Å². The van der Waals surface area contributed by atoms with E-state index < -0.39 is 5.91 Å². The summed E-state index contributed by atoms with van der Waals surface area (Å²) in [4.78, 5) is 16.6. The van der Waals surface area contributed by atoms with Gasteiger partial charge in [0, 0.05) is 12.7 Å². The molecule has 32 heavy (non-hydrogen) atoms. The molecule has 1 aliphatic rings. The number of nitrogens with zero attached hydrogens (tertiary/aromatic N) is 5. The third-order valence-corrected chi connectivity index (χ3v) is 5.27. The fraction of sp³-hybridized carbons (Fsp3) is 0.217. The molecule has 0 saturated carbocycles. The highest BCUT2D eigenvalue weighted by Crippen LogP contribution is 2.25. The fourth-order valence-corrected chi connectivity index (χ4v) is 3.71. The van der Waals surface area contributed by atoms with Crippen molar-refractivity contribution in [3.63, 3.8) is 0 Å². The van der Waals surface area contributed by atoms with Crippen LogP contribution in [0.4, 0.5) is 4.39 Å². The van der Waals surface area contributed by atoms with Gasteiger partial charge in [-0.3, -0.25) is 9.48 Å². The molecule has 4 aromatic rings. The summed E-state index contributed by atoms with van der Waals surface area (Å²) < 4.78 is 22.6. The first-order valence-corrected chi connectivity index (χ1v) is 10.3. The molecule has 162 valence electrons. The van der Waals surface area contributed by atoms with Crippen LogP contribution in [0.15, 0.2) is 67.1 Å². The molecule has 0 saturated heterocycles. The Balaban J connectivity index is 1.25. The van der Waals surface area contributed by atoms with Gasteiger partial charge in [-0.05, 0) is 35.7 Å². The van der Waals surface area contributed by atoms with E-state index in [-0.39, 0.29) is 24.3 Å². The second-order valence-electron chi connectivity index (χ2n) is 7.53. The van der Waals surface area contributed by atoms with Gasteiger partial charge in [0.25, 0.3) is 5.91 Å². The lowest BCUT2D eigenvalue weighted by molar-refractivity contribution is 0.0382. The minimum atomic E-state index is -0.431. The number of halogens is 1. The molecule has 3 heterocycles. The van der Waals surface area contributed by atoms with Crippen molar-refractivity contribution in [2.45, 2.75) is 19.1 Å². The van der Waals surface area contributed by atoms with Crippen LogP contribution in [0.1, 0.15) is 33.5 Å². The van der Waals surface area contributed by atoms with Gasteiger partial charge in [-0.2, -0.15) is 5.10 Å². The van der Waals surface area contributed by atoms with Crippen molar-refractivity contribution in [1.29, 1.82) is 0 Å². The highest BCUT2D eigenvalue weighted by Gasteiger charge is 2.26. The van der Waals surface area contributed by atoms with Crippen molar-refractivity contribution in [2.75, 3.05) is 13.2 Å². The maximum atomic E-state index is 13.4. The molecule has 8 nitrogen and oxygen atoms in total. The lowest BCUT2D eigenvalue weighted by Crippen LogP contribution is -2.32. The van der Waals surface area contributed by atoms with Crippen LogP contribution in [0.3, 0.4) is 0 Å². The number of carbonyl (C=O) groups excluding carboxylic acids is 1. The quantitative estimate of drug-likeness (QED) is 0.506. The van der Waals surface area contributed by atoms with Gasteiger partial charge in [0.05, 0.1) is 24.5 Å². The van der Waals surface area contributed by atoms with Crippen LogP contribution in [0.25, 0.3) is 5.69 Å². The number of fused-ring (bicyclic) bond motifs is 1. The largest absolute Gasteiger partial charge is 0.370 e. The molecule has 5 rings (SSSR count).